The maximum atomic E-state index is 12.8. The zero-order valence-electron chi connectivity index (χ0n) is 16.1. The highest BCUT2D eigenvalue weighted by Gasteiger charge is 2.31. The van der Waals surface area contributed by atoms with Crippen LogP contribution >= 0.6 is 11.6 Å². The van der Waals surface area contributed by atoms with Gasteiger partial charge in [-0.3, -0.25) is 4.79 Å². The summed E-state index contributed by atoms with van der Waals surface area (Å²) in [6.07, 6.45) is 1.32. The second-order valence-corrected chi connectivity index (χ2v) is 7.73. The van der Waals surface area contributed by atoms with Crippen molar-refractivity contribution in [1.29, 1.82) is 0 Å². The van der Waals surface area contributed by atoms with E-state index in [1.54, 1.807) is 7.11 Å². The van der Waals surface area contributed by atoms with Gasteiger partial charge in [0.05, 0.1) is 34.8 Å². The summed E-state index contributed by atoms with van der Waals surface area (Å²) < 4.78 is 7.10. The first kappa shape index (κ1) is 18.6. The minimum absolute atomic E-state index is 0.110. The highest BCUT2D eigenvalue weighted by molar-refractivity contribution is 6.33. The Kier molecular flexibility index (Phi) is 4.85. The number of rotatable bonds is 4. The van der Waals surface area contributed by atoms with Gasteiger partial charge in [-0.1, -0.05) is 24.6 Å². The van der Waals surface area contributed by atoms with Gasteiger partial charge < -0.3 is 10.1 Å². The highest BCUT2D eigenvalue weighted by atomic mass is 35.5. The largest absolute Gasteiger partial charge is 0.497 e. The molecule has 2 aromatic carbocycles. The normalized spacial score (nSPS) is 16.0. The Morgan fingerprint density at radius 2 is 1.93 bits per heavy atom. The van der Waals surface area contributed by atoms with E-state index in [-0.39, 0.29) is 11.7 Å². The Morgan fingerprint density at radius 1 is 1.18 bits per heavy atom. The number of nitrogens with one attached hydrogen (secondary N) is 1. The first-order valence-electron chi connectivity index (χ1n) is 9.29. The van der Waals surface area contributed by atoms with Crippen molar-refractivity contribution in [3.8, 4) is 11.4 Å². The topological polar surface area (TPSA) is 56.1 Å². The summed E-state index contributed by atoms with van der Waals surface area (Å²) in [7, 11) is 1.64. The second kappa shape index (κ2) is 7.32. The van der Waals surface area contributed by atoms with Gasteiger partial charge in [0.1, 0.15) is 5.75 Å². The third-order valence-corrected chi connectivity index (χ3v) is 5.34. The average Bonchev–Trinajstić information content (AvgIpc) is 3.02. The number of carbonyl (C=O) groups is 1. The minimum atomic E-state index is 0.110. The SMILES string of the molecule is COc1ccc(-n2nc(Nc3ccc(C)cc3Cl)c3c2C[C@H](C)CC3=O)cc1. The van der Waals surface area contributed by atoms with E-state index in [4.69, 9.17) is 21.4 Å². The molecule has 1 aromatic heterocycles. The van der Waals surface area contributed by atoms with E-state index < -0.39 is 0 Å². The fourth-order valence-corrected chi connectivity index (χ4v) is 3.91. The molecule has 0 saturated carbocycles. The van der Waals surface area contributed by atoms with E-state index in [1.807, 2.05) is 54.1 Å². The summed E-state index contributed by atoms with van der Waals surface area (Å²) >= 11 is 6.38. The lowest BCUT2D eigenvalue weighted by Crippen LogP contribution is -2.19. The standard InChI is InChI=1S/C22H22ClN3O2/c1-13-4-9-18(17(23)10-13)24-22-21-19(11-14(2)12-20(21)27)26(25-22)15-5-7-16(28-3)8-6-15/h4-10,14H,11-12H2,1-3H3,(H,24,25)/t14-/m0/s1. The molecule has 1 N–H and O–H groups in total. The number of Topliss-reactive ketones (excluding diaryl/α,β-unsaturated/α-hetero) is 1. The lowest BCUT2D eigenvalue weighted by atomic mass is 9.87. The fraction of sp³-hybridized carbons (Fsp3) is 0.273. The van der Waals surface area contributed by atoms with Crippen LogP contribution in [0, 0.1) is 12.8 Å². The number of benzene rings is 2. The number of aryl methyl sites for hydroxylation is 1. The van der Waals surface area contributed by atoms with Crippen LogP contribution in [0.4, 0.5) is 11.5 Å². The van der Waals surface area contributed by atoms with Crippen molar-refractivity contribution >= 4 is 28.9 Å². The van der Waals surface area contributed by atoms with Gasteiger partial charge in [0.15, 0.2) is 11.6 Å². The van der Waals surface area contributed by atoms with Crippen LogP contribution in [-0.2, 0) is 6.42 Å². The Balaban J connectivity index is 1.81. The molecule has 1 aliphatic carbocycles. The molecule has 0 unspecified atom stereocenters. The van der Waals surface area contributed by atoms with Crippen molar-refractivity contribution in [1.82, 2.24) is 9.78 Å². The van der Waals surface area contributed by atoms with Crippen LogP contribution in [0.15, 0.2) is 42.5 Å². The maximum absolute atomic E-state index is 12.8. The zero-order valence-corrected chi connectivity index (χ0v) is 16.9. The number of ether oxygens (including phenoxy) is 1. The van der Waals surface area contributed by atoms with Gasteiger partial charge in [0.2, 0.25) is 0 Å². The fourth-order valence-electron chi connectivity index (χ4n) is 3.63. The van der Waals surface area contributed by atoms with Gasteiger partial charge in [-0.25, -0.2) is 4.68 Å². The predicted molar refractivity (Wildman–Crippen MR) is 111 cm³/mol. The first-order valence-corrected chi connectivity index (χ1v) is 9.66. The quantitative estimate of drug-likeness (QED) is 0.646. The molecule has 1 heterocycles. The summed E-state index contributed by atoms with van der Waals surface area (Å²) in [6, 6.07) is 13.4. The Labute approximate surface area is 169 Å². The van der Waals surface area contributed by atoms with Gasteiger partial charge in [-0.15, -0.1) is 5.10 Å². The van der Waals surface area contributed by atoms with E-state index in [2.05, 4.69) is 12.2 Å². The van der Waals surface area contributed by atoms with Gasteiger partial charge in [-0.05, 0) is 61.2 Å². The molecule has 28 heavy (non-hydrogen) atoms. The van der Waals surface area contributed by atoms with Crippen molar-refractivity contribution in [2.75, 3.05) is 12.4 Å². The molecule has 0 saturated heterocycles. The van der Waals surface area contributed by atoms with Gasteiger partial charge in [-0.2, -0.15) is 0 Å². The molecule has 0 aliphatic heterocycles. The van der Waals surface area contributed by atoms with E-state index >= 15 is 0 Å². The number of methoxy groups -OCH3 is 1. The number of carbonyl (C=O) groups excluding carboxylic acids is 1. The van der Waals surface area contributed by atoms with Crippen molar-refractivity contribution in [2.45, 2.75) is 26.7 Å². The third kappa shape index (κ3) is 3.38. The Bertz CT molecular complexity index is 1040. The molecule has 0 bridgehead atoms. The molecule has 1 aliphatic rings. The molecule has 0 radical (unpaired) electrons. The van der Waals surface area contributed by atoms with Crippen LogP contribution in [0.2, 0.25) is 5.02 Å². The summed E-state index contributed by atoms with van der Waals surface area (Å²) in [6.45, 7) is 4.08. The lowest BCUT2D eigenvalue weighted by molar-refractivity contribution is 0.0953. The lowest BCUT2D eigenvalue weighted by Gasteiger charge is -2.19. The molecule has 1 atom stereocenters. The van der Waals surface area contributed by atoms with Crippen LogP contribution in [0.3, 0.4) is 0 Å². The first-order chi connectivity index (χ1) is 13.5. The Morgan fingerprint density at radius 3 is 2.61 bits per heavy atom. The second-order valence-electron chi connectivity index (χ2n) is 7.33. The highest BCUT2D eigenvalue weighted by Crippen LogP contribution is 2.35. The molecule has 3 aromatic rings. The smallest absolute Gasteiger partial charge is 0.168 e. The van der Waals surface area contributed by atoms with Crippen LogP contribution < -0.4 is 10.1 Å². The third-order valence-electron chi connectivity index (χ3n) is 5.03. The number of ketones is 1. The number of hydrogen-bond acceptors (Lipinski definition) is 4. The molecular weight excluding hydrogens is 374 g/mol. The average molecular weight is 396 g/mol. The summed E-state index contributed by atoms with van der Waals surface area (Å²) in [5.74, 6) is 1.72. The molecule has 0 amide bonds. The maximum Gasteiger partial charge on any atom is 0.168 e. The summed E-state index contributed by atoms with van der Waals surface area (Å²) in [5, 5.41) is 8.62. The van der Waals surface area contributed by atoms with Gasteiger partial charge >= 0.3 is 0 Å². The van der Waals surface area contributed by atoms with Crippen LogP contribution in [0.1, 0.15) is 35.0 Å². The molecular formula is C22H22ClN3O2. The summed E-state index contributed by atoms with van der Waals surface area (Å²) in [5.41, 5.74) is 4.29. The Hall–Kier alpha value is -2.79. The number of nitrogens with zero attached hydrogens (tertiary/aromatic N) is 2. The van der Waals surface area contributed by atoms with E-state index in [9.17, 15) is 4.79 Å². The molecule has 0 fully saturated rings. The summed E-state index contributed by atoms with van der Waals surface area (Å²) in [4.78, 5) is 12.8. The molecule has 144 valence electrons. The number of halogens is 1. The van der Waals surface area contributed by atoms with Crippen molar-refractivity contribution in [3.05, 3.63) is 64.3 Å². The van der Waals surface area contributed by atoms with E-state index in [0.29, 0.717) is 22.8 Å². The van der Waals surface area contributed by atoms with Gasteiger partial charge in [0, 0.05) is 6.42 Å². The monoisotopic (exact) mass is 395 g/mol. The van der Waals surface area contributed by atoms with E-state index in [1.165, 1.54) is 0 Å². The van der Waals surface area contributed by atoms with E-state index in [0.717, 1.165) is 34.8 Å². The predicted octanol–water partition coefficient (Wildman–Crippen LogP) is 5.35. The number of hydrogen-bond donors (Lipinski definition) is 1. The number of aromatic nitrogens is 2. The molecule has 0 spiro atoms. The number of fused-ring (bicyclic) bond motifs is 1. The van der Waals surface area contributed by atoms with Gasteiger partial charge in [0.25, 0.3) is 0 Å². The molecule has 5 nitrogen and oxygen atoms in total. The number of anilines is 2. The van der Waals surface area contributed by atoms with Crippen LogP contribution in [0.25, 0.3) is 5.69 Å². The zero-order chi connectivity index (χ0) is 19.8. The van der Waals surface area contributed by atoms with Crippen molar-refractivity contribution < 1.29 is 9.53 Å². The van der Waals surface area contributed by atoms with Crippen molar-refractivity contribution in [3.63, 3.8) is 0 Å². The molecule has 6 heteroatoms. The van der Waals surface area contributed by atoms with Crippen LogP contribution in [-0.4, -0.2) is 22.7 Å². The van der Waals surface area contributed by atoms with Crippen LogP contribution in [0.5, 0.6) is 5.75 Å². The van der Waals surface area contributed by atoms with Crippen molar-refractivity contribution in [2.24, 2.45) is 5.92 Å². The molecule has 4 rings (SSSR count). The minimum Gasteiger partial charge on any atom is -0.497 e.